The fourth-order valence-corrected chi connectivity index (χ4v) is 4.17. The zero-order valence-electron chi connectivity index (χ0n) is 17.6. The minimum absolute atomic E-state index is 0.0259. The van der Waals surface area contributed by atoms with E-state index in [9.17, 15) is 9.59 Å². The van der Waals surface area contributed by atoms with E-state index in [1.54, 1.807) is 19.1 Å². The van der Waals surface area contributed by atoms with Crippen molar-refractivity contribution in [1.29, 1.82) is 0 Å². The van der Waals surface area contributed by atoms with E-state index in [2.05, 4.69) is 10.6 Å². The summed E-state index contributed by atoms with van der Waals surface area (Å²) in [6.45, 7) is 1.52. The van der Waals surface area contributed by atoms with Crippen molar-refractivity contribution >= 4 is 11.9 Å². The van der Waals surface area contributed by atoms with Crippen molar-refractivity contribution in [3.05, 3.63) is 23.3 Å². The molecule has 1 aliphatic carbocycles. The lowest BCUT2D eigenvalue weighted by Crippen LogP contribution is -2.44. The van der Waals surface area contributed by atoms with Gasteiger partial charge in [0.15, 0.2) is 11.5 Å². The Labute approximate surface area is 173 Å². The van der Waals surface area contributed by atoms with E-state index in [4.69, 9.17) is 9.47 Å². The Morgan fingerprint density at radius 3 is 2.34 bits per heavy atom. The maximum atomic E-state index is 12.5. The van der Waals surface area contributed by atoms with Crippen LogP contribution in [0.2, 0.25) is 0 Å². The molecular weight excluding hydrogens is 370 g/mol. The summed E-state index contributed by atoms with van der Waals surface area (Å²) in [5, 5.41) is 6.00. The monoisotopic (exact) mass is 403 g/mol. The fraction of sp³-hybridized carbons (Fsp3) is 0.636. The molecule has 0 saturated heterocycles. The number of carbonyl (C=O) groups excluding carboxylic acids is 2. The Bertz CT molecular complexity index is 714. The van der Waals surface area contributed by atoms with Crippen LogP contribution in [-0.2, 0) is 17.8 Å². The van der Waals surface area contributed by atoms with Gasteiger partial charge in [-0.1, -0.05) is 25.7 Å². The third-order valence-electron chi connectivity index (χ3n) is 5.85. The van der Waals surface area contributed by atoms with Gasteiger partial charge in [0, 0.05) is 32.1 Å². The summed E-state index contributed by atoms with van der Waals surface area (Å²) in [6.07, 6.45) is 8.13. The van der Waals surface area contributed by atoms with E-state index >= 15 is 0 Å². The van der Waals surface area contributed by atoms with Crippen LogP contribution in [0.4, 0.5) is 4.79 Å². The number of fused-ring (bicyclic) bond motifs is 1. The number of amides is 3. The summed E-state index contributed by atoms with van der Waals surface area (Å²) < 4.78 is 10.7. The lowest BCUT2D eigenvalue weighted by molar-refractivity contribution is -0.121. The van der Waals surface area contributed by atoms with Crippen molar-refractivity contribution < 1.29 is 19.1 Å². The van der Waals surface area contributed by atoms with Crippen LogP contribution in [0.25, 0.3) is 0 Å². The molecule has 0 atom stereocenters. The predicted molar refractivity (Wildman–Crippen MR) is 111 cm³/mol. The molecule has 0 aromatic heterocycles. The molecule has 29 heavy (non-hydrogen) atoms. The molecule has 1 aromatic carbocycles. The van der Waals surface area contributed by atoms with Crippen LogP contribution in [0, 0.1) is 0 Å². The highest BCUT2D eigenvalue weighted by atomic mass is 16.5. The van der Waals surface area contributed by atoms with Crippen molar-refractivity contribution in [3.8, 4) is 11.5 Å². The van der Waals surface area contributed by atoms with E-state index in [-0.39, 0.29) is 11.9 Å². The first kappa shape index (κ1) is 21.3. The van der Waals surface area contributed by atoms with Gasteiger partial charge in [-0.05, 0) is 42.5 Å². The number of nitrogens with zero attached hydrogens (tertiary/aromatic N) is 1. The molecule has 1 fully saturated rings. The van der Waals surface area contributed by atoms with Gasteiger partial charge in [0.2, 0.25) is 5.91 Å². The van der Waals surface area contributed by atoms with E-state index < -0.39 is 0 Å². The van der Waals surface area contributed by atoms with E-state index in [1.807, 2.05) is 12.1 Å². The van der Waals surface area contributed by atoms with Crippen LogP contribution >= 0.6 is 0 Å². The molecule has 1 aromatic rings. The van der Waals surface area contributed by atoms with Crippen LogP contribution in [-0.4, -0.2) is 50.2 Å². The topological polar surface area (TPSA) is 79.9 Å². The normalized spacial score (nSPS) is 17.1. The lowest BCUT2D eigenvalue weighted by atomic mass is 9.99. The highest BCUT2D eigenvalue weighted by molar-refractivity contribution is 5.78. The average molecular weight is 404 g/mol. The summed E-state index contributed by atoms with van der Waals surface area (Å²) >= 11 is 0. The molecule has 2 aliphatic rings. The molecule has 0 bridgehead atoms. The van der Waals surface area contributed by atoms with Gasteiger partial charge < -0.3 is 25.0 Å². The second kappa shape index (κ2) is 10.4. The van der Waals surface area contributed by atoms with E-state index in [1.165, 1.54) is 31.2 Å². The van der Waals surface area contributed by atoms with Gasteiger partial charge in [0.25, 0.3) is 0 Å². The highest BCUT2D eigenvalue weighted by Crippen LogP contribution is 2.33. The van der Waals surface area contributed by atoms with E-state index in [0.29, 0.717) is 43.6 Å². The van der Waals surface area contributed by atoms with Gasteiger partial charge in [-0.25, -0.2) is 4.79 Å². The van der Waals surface area contributed by atoms with Crippen LogP contribution in [0.5, 0.6) is 11.5 Å². The molecule has 1 aliphatic heterocycles. The number of urea groups is 1. The van der Waals surface area contributed by atoms with Crippen LogP contribution in [0.1, 0.15) is 56.1 Å². The third-order valence-corrected chi connectivity index (χ3v) is 5.85. The van der Waals surface area contributed by atoms with Gasteiger partial charge in [-0.3, -0.25) is 4.79 Å². The summed E-state index contributed by atoms with van der Waals surface area (Å²) in [4.78, 5) is 26.5. The Morgan fingerprint density at radius 1 is 1.03 bits per heavy atom. The van der Waals surface area contributed by atoms with Crippen LogP contribution < -0.4 is 20.1 Å². The molecule has 1 saturated carbocycles. The van der Waals surface area contributed by atoms with Gasteiger partial charge >= 0.3 is 6.03 Å². The van der Waals surface area contributed by atoms with Gasteiger partial charge in [-0.2, -0.15) is 0 Å². The summed E-state index contributed by atoms with van der Waals surface area (Å²) in [5.74, 6) is 1.41. The molecular formula is C22H33N3O4. The lowest BCUT2D eigenvalue weighted by Gasteiger charge is -2.29. The van der Waals surface area contributed by atoms with Crippen LogP contribution in [0.3, 0.4) is 0 Å². The quantitative estimate of drug-likeness (QED) is 0.716. The van der Waals surface area contributed by atoms with Gasteiger partial charge in [-0.15, -0.1) is 0 Å². The first-order chi connectivity index (χ1) is 14.1. The third kappa shape index (κ3) is 5.78. The molecule has 2 N–H and O–H groups in total. The van der Waals surface area contributed by atoms with Crippen molar-refractivity contribution in [2.75, 3.05) is 27.3 Å². The molecule has 3 rings (SSSR count). The Balaban J connectivity index is 1.45. The van der Waals surface area contributed by atoms with Crippen molar-refractivity contribution in [2.45, 2.75) is 64.0 Å². The SMILES string of the molecule is COc1cc2c(cc1OC)CN(C(=O)NCCC(=O)NC1CCCCCC1)CC2. The number of carbonyl (C=O) groups is 2. The van der Waals surface area contributed by atoms with Gasteiger partial charge in [0.05, 0.1) is 14.2 Å². The fourth-order valence-electron chi connectivity index (χ4n) is 4.17. The molecule has 3 amide bonds. The molecule has 0 radical (unpaired) electrons. The smallest absolute Gasteiger partial charge is 0.317 e. The number of nitrogens with one attached hydrogen (secondary N) is 2. The van der Waals surface area contributed by atoms with Gasteiger partial charge in [0.1, 0.15) is 0 Å². The molecule has 1 heterocycles. The number of ether oxygens (including phenoxy) is 2. The van der Waals surface area contributed by atoms with Crippen LogP contribution in [0.15, 0.2) is 12.1 Å². The number of hydrogen-bond donors (Lipinski definition) is 2. The Kier molecular flexibility index (Phi) is 7.61. The first-order valence-corrected chi connectivity index (χ1v) is 10.7. The van der Waals surface area contributed by atoms with Crippen molar-refractivity contribution in [1.82, 2.24) is 15.5 Å². The van der Waals surface area contributed by atoms with Crippen molar-refractivity contribution in [2.24, 2.45) is 0 Å². The second-order valence-corrected chi connectivity index (χ2v) is 7.89. The minimum atomic E-state index is -0.132. The number of rotatable bonds is 6. The number of methoxy groups -OCH3 is 2. The summed E-state index contributed by atoms with van der Waals surface area (Å²) in [6, 6.07) is 4.09. The molecule has 0 spiro atoms. The Hall–Kier alpha value is -2.44. The first-order valence-electron chi connectivity index (χ1n) is 10.7. The second-order valence-electron chi connectivity index (χ2n) is 7.89. The predicted octanol–water partition coefficient (Wildman–Crippen LogP) is 3.00. The average Bonchev–Trinajstić information content (AvgIpc) is 3.00. The Morgan fingerprint density at radius 2 is 1.69 bits per heavy atom. The maximum Gasteiger partial charge on any atom is 0.317 e. The largest absolute Gasteiger partial charge is 0.493 e. The molecule has 7 nitrogen and oxygen atoms in total. The molecule has 7 heteroatoms. The maximum absolute atomic E-state index is 12.5. The number of benzene rings is 1. The highest BCUT2D eigenvalue weighted by Gasteiger charge is 2.23. The summed E-state index contributed by atoms with van der Waals surface area (Å²) in [5.41, 5.74) is 2.24. The van der Waals surface area contributed by atoms with Crippen molar-refractivity contribution in [3.63, 3.8) is 0 Å². The van der Waals surface area contributed by atoms with E-state index in [0.717, 1.165) is 24.8 Å². The number of hydrogen-bond acceptors (Lipinski definition) is 4. The molecule has 160 valence electrons. The standard InChI is InChI=1S/C22H33N3O4/c1-28-19-13-16-10-12-25(15-17(16)14-20(19)29-2)22(27)23-11-9-21(26)24-18-7-5-3-4-6-8-18/h13-14,18H,3-12,15H2,1-2H3,(H,23,27)(H,24,26). The zero-order valence-corrected chi connectivity index (χ0v) is 17.6. The summed E-state index contributed by atoms with van der Waals surface area (Å²) in [7, 11) is 3.23. The molecule has 0 unspecified atom stereocenters. The minimum Gasteiger partial charge on any atom is -0.493 e. The zero-order chi connectivity index (χ0) is 20.6.